The van der Waals surface area contributed by atoms with Crippen LogP contribution in [0.1, 0.15) is 16.8 Å². The van der Waals surface area contributed by atoms with Crippen LogP contribution >= 0.6 is 0 Å². The number of amides is 2. The van der Waals surface area contributed by atoms with Crippen LogP contribution in [-0.2, 0) is 4.79 Å². The van der Waals surface area contributed by atoms with Crippen molar-refractivity contribution in [2.75, 3.05) is 11.4 Å². The summed E-state index contributed by atoms with van der Waals surface area (Å²) >= 11 is 0. The van der Waals surface area contributed by atoms with Gasteiger partial charge in [-0.15, -0.1) is 0 Å². The van der Waals surface area contributed by atoms with Crippen molar-refractivity contribution >= 4 is 17.5 Å². The minimum absolute atomic E-state index is 0.00715. The zero-order chi connectivity index (χ0) is 17.5. The number of anilines is 1. The zero-order valence-corrected chi connectivity index (χ0v) is 12.7. The van der Waals surface area contributed by atoms with Crippen LogP contribution in [0.15, 0.2) is 54.6 Å². The van der Waals surface area contributed by atoms with Crippen LogP contribution in [0.5, 0.6) is 5.75 Å². The molecule has 0 heterocycles. The van der Waals surface area contributed by atoms with Crippen LogP contribution in [0, 0.1) is 0 Å². The minimum atomic E-state index is -2.93. The predicted octanol–water partition coefficient (Wildman–Crippen LogP) is 2.81. The lowest BCUT2D eigenvalue weighted by Gasteiger charge is -2.22. The van der Waals surface area contributed by atoms with Crippen LogP contribution in [-0.4, -0.2) is 25.0 Å². The molecule has 0 unspecified atom stereocenters. The van der Waals surface area contributed by atoms with Gasteiger partial charge in [0.2, 0.25) is 5.91 Å². The first-order valence-corrected chi connectivity index (χ1v) is 7.17. The van der Waals surface area contributed by atoms with Crippen molar-refractivity contribution in [1.82, 2.24) is 0 Å². The van der Waals surface area contributed by atoms with Gasteiger partial charge in [0.1, 0.15) is 5.75 Å². The van der Waals surface area contributed by atoms with Crippen molar-refractivity contribution in [1.29, 1.82) is 0 Å². The van der Waals surface area contributed by atoms with Crippen molar-refractivity contribution in [2.45, 2.75) is 13.0 Å². The van der Waals surface area contributed by atoms with E-state index in [1.165, 1.54) is 29.2 Å². The third kappa shape index (κ3) is 4.77. The van der Waals surface area contributed by atoms with Crippen molar-refractivity contribution in [3.05, 3.63) is 60.2 Å². The van der Waals surface area contributed by atoms with Crippen LogP contribution in [0.2, 0.25) is 0 Å². The minimum Gasteiger partial charge on any atom is -0.435 e. The quantitative estimate of drug-likeness (QED) is 0.846. The Kier molecular flexibility index (Phi) is 5.83. The second-order valence-corrected chi connectivity index (χ2v) is 4.91. The first kappa shape index (κ1) is 17.4. The number of nitrogens with zero attached hydrogens (tertiary/aromatic N) is 1. The second kappa shape index (κ2) is 8.05. The average Bonchev–Trinajstić information content (AvgIpc) is 2.55. The summed E-state index contributed by atoms with van der Waals surface area (Å²) in [5, 5.41) is 0. The molecule has 0 saturated heterocycles. The highest BCUT2D eigenvalue weighted by Gasteiger charge is 2.18. The average molecular weight is 334 g/mol. The highest BCUT2D eigenvalue weighted by Crippen LogP contribution is 2.20. The molecule has 7 heteroatoms. The van der Waals surface area contributed by atoms with E-state index in [2.05, 4.69) is 4.74 Å². The number of carbonyl (C=O) groups excluding carboxylic acids is 2. The SMILES string of the molecule is NC(=O)CCN(C(=O)c1ccc(OC(F)F)cc1)c1ccccc1. The third-order valence-electron chi connectivity index (χ3n) is 3.22. The number of benzene rings is 2. The number of alkyl halides is 2. The molecule has 0 fully saturated rings. The Bertz CT molecular complexity index is 691. The summed E-state index contributed by atoms with van der Waals surface area (Å²) in [4.78, 5) is 25.1. The summed E-state index contributed by atoms with van der Waals surface area (Å²) in [7, 11) is 0. The molecular formula is C17H16F2N2O3. The number of hydrogen-bond donors (Lipinski definition) is 1. The lowest BCUT2D eigenvalue weighted by atomic mass is 10.1. The summed E-state index contributed by atoms with van der Waals surface area (Å²) in [6, 6.07) is 14.1. The highest BCUT2D eigenvalue weighted by atomic mass is 19.3. The van der Waals surface area contributed by atoms with Gasteiger partial charge in [0, 0.05) is 24.2 Å². The van der Waals surface area contributed by atoms with Crippen molar-refractivity contribution in [3.8, 4) is 5.75 Å². The third-order valence-corrected chi connectivity index (χ3v) is 3.22. The van der Waals surface area contributed by atoms with E-state index in [1.807, 2.05) is 0 Å². The van der Waals surface area contributed by atoms with Crippen molar-refractivity contribution in [2.24, 2.45) is 5.73 Å². The summed E-state index contributed by atoms with van der Waals surface area (Å²) in [5.74, 6) is -0.930. The lowest BCUT2D eigenvalue weighted by molar-refractivity contribution is -0.117. The second-order valence-electron chi connectivity index (χ2n) is 4.91. The Balaban J connectivity index is 2.22. The summed E-state index contributed by atoms with van der Waals surface area (Å²) in [6.07, 6.45) is 0.00715. The Morgan fingerprint density at radius 2 is 1.67 bits per heavy atom. The Morgan fingerprint density at radius 1 is 1.04 bits per heavy atom. The van der Waals surface area contributed by atoms with Crippen LogP contribution in [0.3, 0.4) is 0 Å². The molecule has 0 spiro atoms. The molecule has 0 atom stereocenters. The molecule has 0 aliphatic heterocycles. The van der Waals surface area contributed by atoms with Crippen LogP contribution in [0.4, 0.5) is 14.5 Å². The molecule has 24 heavy (non-hydrogen) atoms. The maximum absolute atomic E-state index is 12.7. The molecule has 2 rings (SSSR count). The van der Waals surface area contributed by atoms with Gasteiger partial charge in [0.25, 0.3) is 5.91 Å². The first-order chi connectivity index (χ1) is 11.5. The maximum atomic E-state index is 12.7. The van der Waals surface area contributed by atoms with Crippen molar-refractivity contribution in [3.63, 3.8) is 0 Å². The van der Waals surface area contributed by atoms with Gasteiger partial charge < -0.3 is 15.4 Å². The van der Waals surface area contributed by atoms with Gasteiger partial charge >= 0.3 is 6.61 Å². The van der Waals surface area contributed by atoms with E-state index in [0.29, 0.717) is 5.69 Å². The van der Waals surface area contributed by atoms with Crippen LogP contribution in [0.25, 0.3) is 0 Å². The van der Waals surface area contributed by atoms with Gasteiger partial charge in [0.05, 0.1) is 0 Å². The standard InChI is InChI=1S/C17H16F2N2O3/c18-17(19)24-14-8-6-12(7-9-14)16(23)21(11-10-15(20)22)13-4-2-1-3-5-13/h1-9,17H,10-11H2,(H2,20,22). The van der Waals surface area contributed by atoms with Gasteiger partial charge in [-0.2, -0.15) is 8.78 Å². The van der Waals surface area contributed by atoms with E-state index in [-0.39, 0.29) is 30.2 Å². The van der Waals surface area contributed by atoms with Gasteiger partial charge in [-0.25, -0.2) is 0 Å². The Labute approximate surface area is 137 Å². The molecule has 0 aliphatic carbocycles. The number of hydrogen-bond acceptors (Lipinski definition) is 3. The molecule has 0 aliphatic rings. The summed E-state index contributed by atoms with van der Waals surface area (Å²) in [5.41, 5.74) is 6.05. The van der Waals surface area contributed by atoms with E-state index >= 15 is 0 Å². The van der Waals surface area contributed by atoms with E-state index in [0.717, 1.165) is 0 Å². The molecule has 2 aromatic rings. The monoisotopic (exact) mass is 334 g/mol. The smallest absolute Gasteiger partial charge is 0.387 e. The highest BCUT2D eigenvalue weighted by molar-refractivity contribution is 6.06. The molecule has 2 amide bonds. The Hall–Kier alpha value is -2.96. The molecular weight excluding hydrogens is 318 g/mol. The van der Waals surface area contributed by atoms with Gasteiger partial charge in [0.15, 0.2) is 0 Å². The van der Waals surface area contributed by atoms with E-state index in [1.54, 1.807) is 30.3 Å². The fraction of sp³-hybridized carbons (Fsp3) is 0.176. The molecule has 0 saturated carbocycles. The van der Waals surface area contributed by atoms with E-state index in [9.17, 15) is 18.4 Å². The molecule has 2 aromatic carbocycles. The Morgan fingerprint density at radius 3 is 2.21 bits per heavy atom. The number of halogens is 2. The van der Waals surface area contributed by atoms with E-state index < -0.39 is 12.5 Å². The first-order valence-electron chi connectivity index (χ1n) is 7.17. The molecule has 5 nitrogen and oxygen atoms in total. The summed E-state index contributed by atoms with van der Waals surface area (Å²) < 4.78 is 28.6. The fourth-order valence-electron chi connectivity index (χ4n) is 2.11. The van der Waals surface area contributed by atoms with Gasteiger partial charge in [-0.05, 0) is 36.4 Å². The molecule has 126 valence electrons. The number of ether oxygens (including phenoxy) is 1. The number of carbonyl (C=O) groups is 2. The van der Waals surface area contributed by atoms with Crippen LogP contribution < -0.4 is 15.4 Å². The number of nitrogens with two attached hydrogens (primary N) is 1. The lowest BCUT2D eigenvalue weighted by Crippen LogP contribution is -2.34. The van der Waals surface area contributed by atoms with Gasteiger partial charge in [-0.1, -0.05) is 18.2 Å². The van der Waals surface area contributed by atoms with E-state index in [4.69, 9.17) is 5.73 Å². The number of primary amides is 1. The predicted molar refractivity (Wildman–Crippen MR) is 85.0 cm³/mol. The topological polar surface area (TPSA) is 72.6 Å². The zero-order valence-electron chi connectivity index (χ0n) is 12.7. The summed E-state index contributed by atoms with van der Waals surface area (Å²) in [6.45, 7) is -2.81. The van der Waals surface area contributed by atoms with Gasteiger partial charge in [-0.3, -0.25) is 9.59 Å². The largest absolute Gasteiger partial charge is 0.435 e. The number of para-hydroxylation sites is 1. The maximum Gasteiger partial charge on any atom is 0.387 e. The number of rotatable bonds is 7. The molecule has 0 bridgehead atoms. The molecule has 0 radical (unpaired) electrons. The fourth-order valence-corrected chi connectivity index (χ4v) is 2.11. The van der Waals surface area contributed by atoms with Crippen molar-refractivity contribution < 1.29 is 23.1 Å². The molecule has 0 aromatic heterocycles. The normalized spacial score (nSPS) is 10.5. The molecule has 2 N–H and O–H groups in total.